The number of para-hydroxylation sites is 1. The summed E-state index contributed by atoms with van der Waals surface area (Å²) in [6, 6.07) is 17.1. The van der Waals surface area contributed by atoms with Gasteiger partial charge in [0.1, 0.15) is 17.3 Å². The first-order valence-electron chi connectivity index (χ1n) is 10.2. The summed E-state index contributed by atoms with van der Waals surface area (Å²) in [5.74, 6) is -0.776. The third-order valence-electron chi connectivity index (χ3n) is 5.12. The lowest BCUT2D eigenvalue weighted by Crippen LogP contribution is -2.28. The molecule has 4 rings (SSSR count). The number of hydrogen-bond acceptors (Lipinski definition) is 4. The molecule has 0 unspecified atom stereocenters. The van der Waals surface area contributed by atoms with Gasteiger partial charge < -0.3 is 5.32 Å². The van der Waals surface area contributed by atoms with Crippen LogP contribution in [0.1, 0.15) is 34.2 Å². The number of aryl methyl sites for hydroxylation is 2. The maximum atomic E-state index is 14.3. The van der Waals surface area contributed by atoms with Crippen LogP contribution >= 0.6 is 0 Å². The Kier molecular flexibility index (Phi) is 5.93. The van der Waals surface area contributed by atoms with Gasteiger partial charge in [0, 0.05) is 17.8 Å². The van der Waals surface area contributed by atoms with E-state index in [0.717, 1.165) is 12.0 Å². The molecule has 0 saturated heterocycles. The van der Waals surface area contributed by atoms with Crippen LogP contribution in [0.5, 0.6) is 0 Å². The third-order valence-corrected chi connectivity index (χ3v) is 5.12. The molecule has 7 nitrogen and oxygen atoms in total. The smallest absolute Gasteiger partial charge is 0.281 e. The first-order valence-corrected chi connectivity index (χ1v) is 10.2. The number of nitrogens with zero attached hydrogens (tertiary/aromatic N) is 4. The fourth-order valence-corrected chi connectivity index (χ4v) is 3.37. The minimum atomic E-state index is -0.692. The predicted octanol–water partition coefficient (Wildman–Crippen LogP) is 3.74. The first-order chi connectivity index (χ1) is 15.5. The molecule has 8 heteroatoms. The van der Waals surface area contributed by atoms with Gasteiger partial charge in [0.15, 0.2) is 5.69 Å². The number of amides is 1. The van der Waals surface area contributed by atoms with Crippen LogP contribution in [0.3, 0.4) is 0 Å². The Morgan fingerprint density at radius 3 is 2.50 bits per heavy atom. The van der Waals surface area contributed by atoms with Crippen LogP contribution < -0.4 is 10.7 Å². The van der Waals surface area contributed by atoms with Crippen molar-refractivity contribution in [2.24, 2.45) is 0 Å². The number of rotatable bonds is 6. The van der Waals surface area contributed by atoms with Crippen molar-refractivity contribution in [3.8, 4) is 5.69 Å². The lowest BCUT2D eigenvalue weighted by molar-refractivity contribution is 0.101. The third kappa shape index (κ3) is 4.34. The van der Waals surface area contributed by atoms with E-state index in [-0.39, 0.29) is 11.4 Å². The largest absolute Gasteiger partial charge is 0.305 e. The fraction of sp³-hybridized carbons (Fsp3) is 0.167. The molecule has 0 spiro atoms. The summed E-state index contributed by atoms with van der Waals surface area (Å²) in [7, 11) is 0. The Balaban J connectivity index is 1.60. The molecule has 2 heterocycles. The second kappa shape index (κ2) is 8.97. The quantitative estimate of drug-likeness (QED) is 0.504. The average molecular weight is 431 g/mol. The zero-order valence-corrected chi connectivity index (χ0v) is 17.7. The van der Waals surface area contributed by atoms with Gasteiger partial charge in [0.2, 0.25) is 5.43 Å². The Labute approximate surface area is 184 Å². The van der Waals surface area contributed by atoms with Crippen molar-refractivity contribution < 1.29 is 9.18 Å². The molecule has 1 N–H and O–H groups in total. The summed E-state index contributed by atoms with van der Waals surface area (Å²) < 4.78 is 17.1. The zero-order valence-electron chi connectivity index (χ0n) is 17.7. The Morgan fingerprint density at radius 1 is 1.06 bits per heavy atom. The summed E-state index contributed by atoms with van der Waals surface area (Å²) in [6.45, 7) is 4.17. The minimum Gasteiger partial charge on any atom is -0.305 e. The molecular formula is C24H22FN5O2. The van der Waals surface area contributed by atoms with Crippen LogP contribution in [0.15, 0.2) is 71.7 Å². The van der Waals surface area contributed by atoms with Gasteiger partial charge in [-0.3, -0.25) is 9.59 Å². The van der Waals surface area contributed by atoms with E-state index in [4.69, 9.17) is 0 Å². The van der Waals surface area contributed by atoms with Crippen LogP contribution in [0.25, 0.3) is 5.69 Å². The molecular weight excluding hydrogens is 409 g/mol. The maximum Gasteiger partial charge on any atom is 0.281 e. The normalized spacial score (nSPS) is 10.8. The molecule has 0 aliphatic rings. The van der Waals surface area contributed by atoms with E-state index in [1.165, 1.54) is 28.4 Å². The van der Waals surface area contributed by atoms with Gasteiger partial charge in [-0.1, -0.05) is 43.3 Å². The van der Waals surface area contributed by atoms with E-state index in [9.17, 15) is 14.0 Å². The van der Waals surface area contributed by atoms with Crippen molar-refractivity contribution in [1.29, 1.82) is 0 Å². The molecule has 0 atom stereocenters. The van der Waals surface area contributed by atoms with E-state index >= 15 is 0 Å². The van der Waals surface area contributed by atoms with Crippen molar-refractivity contribution >= 4 is 11.7 Å². The number of benzene rings is 2. The number of hydrogen-bond donors (Lipinski definition) is 1. The van der Waals surface area contributed by atoms with Crippen molar-refractivity contribution in [3.05, 3.63) is 105 Å². The standard InChI is InChI=1S/C24H22FN5O2/c1-3-17-8-10-18(11-9-17)15-29-22(12-13-26-29)27-24(32)23-21(31)14-16(2)30(28-23)20-7-5-4-6-19(20)25/h4-14H,3,15H2,1-2H3,(H,27,32). The number of anilines is 1. The highest BCUT2D eigenvalue weighted by Gasteiger charge is 2.18. The van der Waals surface area contributed by atoms with Crippen LogP contribution in [0, 0.1) is 12.7 Å². The molecule has 0 aliphatic heterocycles. The van der Waals surface area contributed by atoms with Gasteiger partial charge in [0.25, 0.3) is 5.91 Å². The molecule has 0 saturated carbocycles. The van der Waals surface area contributed by atoms with Crippen LogP contribution in [0.2, 0.25) is 0 Å². The maximum absolute atomic E-state index is 14.3. The Morgan fingerprint density at radius 2 is 1.78 bits per heavy atom. The fourth-order valence-electron chi connectivity index (χ4n) is 3.37. The number of aromatic nitrogens is 4. The van der Waals surface area contributed by atoms with Crippen molar-refractivity contribution in [1.82, 2.24) is 19.6 Å². The summed E-state index contributed by atoms with van der Waals surface area (Å²) >= 11 is 0. The molecule has 2 aromatic heterocycles. The Bertz CT molecular complexity index is 1320. The van der Waals surface area contributed by atoms with Crippen LogP contribution in [0.4, 0.5) is 10.2 Å². The highest BCUT2D eigenvalue weighted by atomic mass is 19.1. The van der Waals surface area contributed by atoms with E-state index in [0.29, 0.717) is 18.1 Å². The van der Waals surface area contributed by atoms with E-state index in [1.807, 2.05) is 12.1 Å². The highest BCUT2D eigenvalue weighted by Crippen LogP contribution is 2.15. The topological polar surface area (TPSA) is 81.8 Å². The monoisotopic (exact) mass is 431 g/mol. The number of carbonyl (C=O) groups is 1. The number of halogens is 1. The molecule has 0 radical (unpaired) electrons. The molecule has 32 heavy (non-hydrogen) atoms. The lowest BCUT2D eigenvalue weighted by atomic mass is 10.1. The second-order valence-corrected chi connectivity index (χ2v) is 7.36. The number of nitrogens with one attached hydrogen (secondary N) is 1. The van der Waals surface area contributed by atoms with Gasteiger partial charge in [-0.05, 0) is 36.6 Å². The number of carbonyl (C=O) groups excluding carboxylic acids is 1. The van der Waals surface area contributed by atoms with Crippen molar-refractivity contribution in [3.63, 3.8) is 0 Å². The summed E-state index contributed by atoms with van der Waals surface area (Å²) in [4.78, 5) is 25.3. The summed E-state index contributed by atoms with van der Waals surface area (Å²) in [5, 5.41) is 11.1. The summed E-state index contributed by atoms with van der Waals surface area (Å²) in [6.07, 6.45) is 2.52. The van der Waals surface area contributed by atoms with Crippen LogP contribution in [-0.2, 0) is 13.0 Å². The summed E-state index contributed by atoms with van der Waals surface area (Å²) in [5.41, 5.74) is 1.95. The van der Waals surface area contributed by atoms with Gasteiger partial charge in [-0.15, -0.1) is 0 Å². The lowest BCUT2D eigenvalue weighted by Gasteiger charge is -2.13. The molecule has 2 aromatic carbocycles. The molecule has 162 valence electrons. The van der Waals surface area contributed by atoms with Crippen molar-refractivity contribution in [2.75, 3.05) is 5.32 Å². The molecule has 0 fully saturated rings. The van der Waals surface area contributed by atoms with E-state index < -0.39 is 17.2 Å². The van der Waals surface area contributed by atoms with Crippen molar-refractivity contribution in [2.45, 2.75) is 26.8 Å². The second-order valence-electron chi connectivity index (χ2n) is 7.36. The van der Waals surface area contributed by atoms with Gasteiger partial charge in [-0.25, -0.2) is 13.8 Å². The molecule has 0 bridgehead atoms. The zero-order chi connectivity index (χ0) is 22.7. The SMILES string of the molecule is CCc1ccc(Cn2nccc2NC(=O)c2nn(-c3ccccc3F)c(C)cc2=O)cc1. The van der Waals surface area contributed by atoms with Gasteiger partial charge in [-0.2, -0.15) is 10.2 Å². The van der Waals surface area contributed by atoms with E-state index in [2.05, 4.69) is 34.6 Å². The van der Waals surface area contributed by atoms with E-state index in [1.54, 1.807) is 36.0 Å². The average Bonchev–Trinajstić information content (AvgIpc) is 3.21. The van der Waals surface area contributed by atoms with Gasteiger partial charge >= 0.3 is 0 Å². The first kappa shape index (κ1) is 21.2. The predicted molar refractivity (Wildman–Crippen MR) is 120 cm³/mol. The van der Waals surface area contributed by atoms with Crippen LogP contribution in [-0.4, -0.2) is 25.5 Å². The molecule has 0 aliphatic carbocycles. The Hall–Kier alpha value is -4.07. The van der Waals surface area contributed by atoms with Gasteiger partial charge in [0.05, 0.1) is 12.7 Å². The highest BCUT2D eigenvalue weighted by molar-refractivity contribution is 6.02. The molecule has 1 amide bonds. The minimum absolute atomic E-state index is 0.152. The molecule has 4 aromatic rings.